The molecule has 0 spiro atoms. The van der Waals surface area contributed by atoms with E-state index in [0.717, 1.165) is 29.6 Å². The van der Waals surface area contributed by atoms with E-state index in [2.05, 4.69) is 46.2 Å². The summed E-state index contributed by atoms with van der Waals surface area (Å²) in [4.78, 5) is 18.4. The SMILES string of the molecule is Cc1nc(C(=O)NCC2CN(c3ccc(C(C)(C)C)nn3)C2)cs1. The van der Waals surface area contributed by atoms with Gasteiger partial charge in [-0.2, -0.15) is 5.10 Å². The molecule has 3 rings (SSSR count). The Morgan fingerprint density at radius 1 is 1.33 bits per heavy atom. The van der Waals surface area contributed by atoms with Crippen LogP contribution in [-0.2, 0) is 5.41 Å². The first-order valence-electron chi connectivity index (χ1n) is 8.12. The quantitative estimate of drug-likeness (QED) is 0.921. The monoisotopic (exact) mass is 345 g/mol. The molecule has 6 nitrogen and oxygen atoms in total. The third kappa shape index (κ3) is 3.72. The van der Waals surface area contributed by atoms with Crippen molar-refractivity contribution in [2.75, 3.05) is 24.5 Å². The van der Waals surface area contributed by atoms with Gasteiger partial charge in [-0.3, -0.25) is 4.79 Å². The molecule has 128 valence electrons. The number of rotatable bonds is 4. The second-order valence-corrected chi connectivity index (χ2v) is 8.32. The predicted octanol–water partition coefficient (Wildman–Crippen LogP) is 2.41. The number of anilines is 1. The van der Waals surface area contributed by atoms with E-state index in [0.29, 0.717) is 18.2 Å². The van der Waals surface area contributed by atoms with Crippen LogP contribution in [0.1, 0.15) is 42.0 Å². The Morgan fingerprint density at radius 2 is 2.08 bits per heavy atom. The van der Waals surface area contributed by atoms with Gasteiger partial charge in [-0.15, -0.1) is 16.4 Å². The fraction of sp³-hybridized carbons (Fsp3) is 0.529. The third-order valence-corrected chi connectivity index (χ3v) is 4.88. The first kappa shape index (κ1) is 16.8. The summed E-state index contributed by atoms with van der Waals surface area (Å²) >= 11 is 1.49. The van der Waals surface area contributed by atoms with E-state index in [4.69, 9.17) is 0 Å². The standard InChI is InChI=1S/C17H23N5OS/c1-11-19-13(10-24-11)16(23)18-7-12-8-22(9-12)15-6-5-14(20-21-15)17(2,3)4/h5-6,10,12H,7-9H2,1-4H3,(H,18,23). The molecule has 0 aromatic carbocycles. The van der Waals surface area contributed by atoms with Gasteiger partial charge in [0.25, 0.3) is 5.91 Å². The molecule has 24 heavy (non-hydrogen) atoms. The Bertz CT molecular complexity index is 713. The molecule has 2 aromatic heterocycles. The summed E-state index contributed by atoms with van der Waals surface area (Å²) in [6.07, 6.45) is 0. The molecule has 1 saturated heterocycles. The second kappa shape index (κ2) is 6.47. The highest BCUT2D eigenvalue weighted by atomic mass is 32.1. The predicted molar refractivity (Wildman–Crippen MR) is 95.6 cm³/mol. The molecule has 1 N–H and O–H groups in total. The van der Waals surface area contributed by atoms with Crippen molar-refractivity contribution in [1.29, 1.82) is 0 Å². The number of carbonyl (C=O) groups is 1. The number of thiazole rings is 1. The summed E-state index contributed by atoms with van der Waals surface area (Å²) in [5.74, 6) is 1.26. The zero-order valence-corrected chi connectivity index (χ0v) is 15.4. The summed E-state index contributed by atoms with van der Waals surface area (Å²) in [7, 11) is 0. The van der Waals surface area contributed by atoms with Crippen LogP contribution >= 0.6 is 11.3 Å². The average molecular weight is 345 g/mol. The number of amides is 1. The lowest BCUT2D eigenvalue weighted by molar-refractivity contribution is 0.0940. The van der Waals surface area contributed by atoms with E-state index in [1.54, 1.807) is 5.38 Å². The van der Waals surface area contributed by atoms with Crippen molar-refractivity contribution in [3.8, 4) is 0 Å². The van der Waals surface area contributed by atoms with Crippen LogP contribution < -0.4 is 10.2 Å². The zero-order valence-electron chi connectivity index (χ0n) is 14.5. The molecule has 1 fully saturated rings. The van der Waals surface area contributed by atoms with Gasteiger partial charge >= 0.3 is 0 Å². The first-order chi connectivity index (χ1) is 11.3. The van der Waals surface area contributed by atoms with Crippen LogP contribution in [0.15, 0.2) is 17.5 Å². The van der Waals surface area contributed by atoms with Gasteiger partial charge in [-0.05, 0) is 19.1 Å². The Kier molecular flexibility index (Phi) is 4.54. The molecule has 0 bridgehead atoms. The van der Waals surface area contributed by atoms with Crippen LogP contribution in [0, 0.1) is 12.8 Å². The molecular weight excluding hydrogens is 322 g/mol. The lowest BCUT2D eigenvalue weighted by Gasteiger charge is -2.40. The van der Waals surface area contributed by atoms with E-state index in [1.165, 1.54) is 11.3 Å². The van der Waals surface area contributed by atoms with Gasteiger partial charge in [-0.25, -0.2) is 4.98 Å². The molecule has 0 unspecified atom stereocenters. The van der Waals surface area contributed by atoms with Crippen LogP contribution in [0.4, 0.5) is 5.82 Å². The van der Waals surface area contributed by atoms with Crippen molar-refractivity contribution in [2.45, 2.75) is 33.1 Å². The van der Waals surface area contributed by atoms with Crippen molar-refractivity contribution >= 4 is 23.1 Å². The van der Waals surface area contributed by atoms with E-state index in [1.807, 2.05) is 19.1 Å². The highest BCUT2D eigenvalue weighted by Crippen LogP contribution is 2.24. The first-order valence-corrected chi connectivity index (χ1v) is 9.00. The van der Waals surface area contributed by atoms with E-state index in [9.17, 15) is 4.79 Å². The molecule has 1 amide bonds. The van der Waals surface area contributed by atoms with E-state index >= 15 is 0 Å². The van der Waals surface area contributed by atoms with Crippen LogP contribution in [0.25, 0.3) is 0 Å². The maximum Gasteiger partial charge on any atom is 0.270 e. The topological polar surface area (TPSA) is 71.0 Å². The Balaban J connectivity index is 1.46. The molecule has 1 aliphatic rings. The third-order valence-electron chi connectivity index (χ3n) is 4.10. The highest BCUT2D eigenvalue weighted by Gasteiger charge is 2.29. The molecule has 1 aliphatic heterocycles. The molecule has 0 saturated carbocycles. The second-order valence-electron chi connectivity index (χ2n) is 7.26. The smallest absolute Gasteiger partial charge is 0.270 e. The number of hydrogen-bond acceptors (Lipinski definition) is 6. The largest absolute Gasteiger partial charge is 0.354 e. The number of carbonyl (C=O) groups excluding carboxylic acids is 1. The molecular formula is C17H23N5OS. The number of hydrogen-bond donors (Lipinski definition) is 1. The van der Waals surface area contributed by atoms with Crippen LogP contribution in [0.5, 0.6) is 0 Å². The fourth-order valence-electron chi connectivity index (χ4n) is 2.58. The number of nitrogens with one attached hydrogen (secondary N) is 1. The van der Waals surface area contributed by atoms with Crippen LogP contribution in [0.3, 0.4) is 0 Å². The Morgan fingerprint density at radius 3 is 2.62 bits per heavy atom. The molecule has 7 heteroatoms. The normalized spacial score (nSPS) is 15.2. The van der Waals surface area contributed by atoms with Crippen molar-refractivity contribution in [3.05, 3.63) is 33.9 Å². The zero-order chi connectivity index (χ0) is 17.3. The van der Waals surface area contributed by atoms with Gasteiger partial charge in [-0.1, -0.05) is 20.8 Å². The van der Waals surface area contributed by atoms with Gasteiger partial charge < -0.3 is 10.2 Å². The molecule has 0 aliphatic carbocycles. The van der Waals surface area contributed by atoms with Crippen molar-refractivity contribution in [2.24, 2.45) is 5.92 Å². The molecule has 3 heterocycles. The number of aryl methyl sites for hydroxylation is 1. The molecule has 0 radical (unpaired) electrons. The minimum absolute atomic E-state index is 0.0152. The minimum Gasteiger partial charge on any atom is -0.354 e. The summed E-state index contributed by atoms with van der Waals surface area (Å²) in [6, 6.07) is 4.07. The average Bonchev–Trinajstić information content (AvgIpc) is 2.91. The molecule has 2 aromatic rings. The van der Waals surface area contributed by atoms with Crippen LogP contribution in [0.2, 0.25) is 0 Å². The van der Waals surface area contributed by atoms with Gasteiger partial charge in [0, 0.05) is 36.3 Å². The van der Waals surface area contributed by atoms with E-state index in [-0.39, 0.29) is 11.3 Å². The molecule has 0 atom stereocenters. The van der Waals surface area contributed by atoms with Gasteiger partial charge in [0.2, 0.25) is 0 Å². The van der Waals surface area contributed by atoms with Gasteiger partial charge in [0.15, 0.2) is 5.82 Å². The summed E-state index contributed by atoms with van der Waals surface area (Å²) < 4.78 is 0. The lowest BCUT2D eigenvalue weighted by atomic mass is 9.92. The Hall–Kier alpha value is -2.02. The summed E-state index contributed by atoms with van der Waals surface area (Å²) in [5.41, 5.74) is 1.52. The van der Waals surface area contributed by atoms with Gasteiger partial charge in [0.1, 0.15) is 5.69 Å². The van der Waals surface area contributed by atoms with Gasteiger partial charge in [0.05, 0.1) is 10.7 Å². The number of nitrogens with zero attached hydrogens (tertiary/aromatic N) is 4. The minimum atomic E-state index is -0.0906. The lowest BCUT2D eigenvalue weighted by Crippen LogP contribution is -2.52. The maximum absolute atomic E-state index is 12.0. The summed E-state index contributed by atoms with van der Waals surface area (Å²) in [6.45, 7) is 10.7. The summed E-state index contributed by atoms with van der Waals surface area (Å²) in [5, 5.41) is 14.3. The number of aromatic nitrogens is 3. The fourth-order valence-corrected chi connectivity index (χ4v) is 3.17. The highest BCUT2D eigenvalue weighted by molar-refractivity contribution is 7.09. The Labute approximate surface area is 146 Å². The maximum atomic E-state index is 12.0. The van der Waals surface area contributed by atoms with Crippen LogP contribution in [-0.4, -0.2) is 40.7 Å². The van der Waals surface area contributed by atoms with Crippen molar-refractivity contribution in [3.63, 3.8) is 0 Å². The van der Waals surface area contributed by atoms with Crippen molar-refractivity contribution < 1.29 is 4.79 Å². The van der Waals surface area contributed by atoms with Crippen molar-refractivity contribution in [1.82, 2.24) is 20.5 Å². The van der Waals surface area contributed by atoms with E-state index < -0.39 is 0 Å².